The van der Waals surface area contributed by atoms with Crippen molar-refractivity contribution in [3.8, 4) is 0 Å². The number of carbonyl (C=O) groups is 1. The van der Waals surface area contributed by atoms with E-state index in [9.17, 15) is 4.79 Å². The second kappa shape index (κ2) is 6.77. The fourth-order valence-electron chi connectivity index (χ4n) is 2.64. The molecule has 2 heterocycles. The van der Waals surface area contributed by atoms with Crippen molar-refractivity contribution in [3.05, 3.63) is 36.3 Å². The van der Waals surface area contributed by atoms with E-state index in [1.54, 1.807) is 12.5 Å². The van der Waals surface area contributed by atoms with Gasteiger partial charge in [0.25, 0.3) is 0 Å². The Kier molecular flexibility index (Phi) is 5.04. The van der Waals surface area contributed by atoms with Gasteiger partial charge in [-0.2, -0.15) is 0 Å². The van der Waals surface area contributed by atoms with Crippen LogP contribution in [0.4, 0.5) is 0 Å². The van der Waals surface area contributed by atoms with E-state index < -0.39 is 0 Å². The molecule has 1 fully saturated rings. The van der Waals surface area contributed by atoms with Crippen LogP contribution >= 0.6 is 12.4 Å². The van der Waals surface area contributed by atoms with Crippen LogP contribution < -0.4 is 10.6 Å². The van der Waals surface area contributed by atoms with Crippen LogP contribution in [0.5, 0.6) is 0 Å². The zero-order valence-electron chi connectivity index (χ0n) is 11.2. The van der Waals surface area contributed by atoms with E-state index in [1.807, 2.05) is 18.2 Å². The summed E-state index contributed by atoms with van der Waals surface area (Å²) in [6, 6.07) is 6.20. The van der Waals surface area contributed by atoms with Crippen molar-refractivity contribution in [2.45, 2.75) is 25.3 Å². The van der Waals surface area contributed by atoms with Gasteiger partial charge in [-0.05, 0) is 24.9 Å². The summed E-state index contributed by atoms with van der Waals surface area (Å²) in [5.74, 6) is 0.0856. The molecule has 5 heteroatoms. The molecule has 2 N–H and O–H groups in total. The third kappa shape index (κ3) is 3.32. The van der Waals surface area contributed by atoms with Gasteiger partial charge in [0.1, 0.15) is 0 Å². The van der Waals surface area contributed by atoms with Crippen molar-refractivity contribution in [2.24, 2.45) is 0 Å². The lowest BCUT2D eigenvalue weighted by Crippen LogP contribution is -2.46. The molecule has 1 aromatic heterocycles. The highest BCUT2D eigenvalue weighted by molar-refractivity contribution is 5.89. The highest BCUT2D eigenvalue weighted by Gasteiger charge is 2.16. The first-order valence-electron chi connectivity index (χ1n) is 6.77. The first-order valence-corrected chi connectivity index (χ1v) is 6.77. The van der Waals surface area contributed by atoms with Crippen LogP contribution in [0.3, 0.4) is 0 Å². The number of nitrogens with one attached hydrogen (secondary N) is 2. The van der Waals surface area contributed by atoms with Gasteiger partial charge >= 0.3 is 0 Å². The Morgan fingerprint density at radius 3 is 3.10 bits per heavy atom. The summed E-state index contributed by atoms with van der Waals surface area (Å²) in [7, 11) is 0. The Balaban J connectivity index is 0.00000147. The summed E-state index contributed by atoms with van der Waals surface area (Å²) < 4.78 is 5.20. The van der Waals surface area contributed by atoms with E-state index in [1.165, 1.54) is 0 Å². The molecule has 4 nitrogen and oxygen atoms in total. The zero-order valence-corrected chi connectivity index (χ0v) is 12.0. The van der Waals surface area contributed by atoms with Gasteiger partial charge in [-0.1, -0.05) is 18.2 Å². The minimum Gasteiger partial charge on any atom is -0.471 e. The maximum Gasteiger partial charge on any atom is 0.224 e. The first kappa shape index (κ1) is 14.9. The van der Waals surface area contributed by atoms with Crippen LogP contribution in [0, 0.1) is 0 Å². The number of rotatable bonds is 3. The average molecular weight is 295 g/mol. The number of furan rings is 1. The summed E-state index contributed by atoms with van der Waals surface area (Å²) in [4.78, 5) is 12.1. The molecule has 1 amide bonds. The Hall–Kier alpha value is -1.52. The van der Waals surface area contributed by atoms with E-state index in [0.717, 1.165) is 42.3 Å². The van der Waals surface area contributed by atoms with E-state index >= 15 is 0 Å². The number of piperidine rings is 1. The van der Waals surface area contributed by atoms with Crippen LogP contribution in [0.25, 0.3) is 10.8 Å². The molecule has 0 aliphatic carbocycles. The molecule has 108 valence electrons. The lowest BCUT2D eigenvalue weighted by molar-refractivity contribution is -0.121. The van der Waals surface area contributed by atoms with Gasteiger partial charge in [-0.25, -0.2) is 0 Å². The molecular formula is C15H19ClN2O2. The molecule has 1 unspecified atom stereocenters. The number of hydrogen-bond donors (Lipinski definition) is 2. The van der Waals surface area contributed by atoms with Gasteiger partial charge in [0.15, 0.2) is 0 Å². The lowest BCUT2D eigenvalue weighted by Gasteiger charge is -2.23. The topological polar surface area (TPSA) is 54.3 Å². The summed E-state index contributed by atoms with van der Waals surface area (Å²) >= 11 is 0. The van der Waals surface area contributed by atoms with E-state index in [4.69, 9.17) is 4.42 Å². The number of benzene rings is 1. The summed E-state index contributed by atoms with van der Waals surface area (Å²) in [6.45, 7) is 1.93. The summed E-state index contributed by atoms with van der Waals surface area (Å²) in [5.41, 5.74) is 1.02. The lowest BCUT2D eigenvalue weighted by atomic mass is 10.0. The highest BCUT2D eigenvalue weighted by Crippen LogP contribution is 2.20. The maximum atomic E-state index is 12.1. The average Bonchev–Trinajstić information content (AvgIpc) is 2.89. The molecule has 1 aliphatic heterocycles. The molecular weight excluding hydrogens is 276 g/mol. The molecule has 0 bridgehead atoms. The minimum atomic E-state index is 0. The molecule has 1 atom stereocenters. The highest BCUT2D eigenvalue weighted by atomic mass is 35.5. The van der Waals surface area contributed by atoms with Crippen molar-refractivity contribution in [1.29, 1.82) is 0 Å². The van der Waals surface area contributed by atoms with E-state index in [-0.39, 0.29) is 24.4 Å². The largest absolute Gasteiger partial charge is 0.471 e. The van der Waals surface area contributed by atoms with E-state index in [0.29, 0.717) is 6.42 Å². The second-order valence-corrected chi connectivity index (χ2v) is 5.08. The fourth-order valence-corrected chi connectivity index (χ4v) is 2.64. The zero-order chi connectivity index (χ0) is 13.1. The van der Waals surface area contributed by atoms with Gasteiger partial charge in [0.05, 0.1) is 18.9 Å². The molecule has 20 heavy (non-hydrogen) atoms. The maximum absolute atomic E-state index is 12.1. The molecule has 0 saturated carbocycles. The predicted octanol–water partition coefficient (Wildman–Crippen LogP) is 2.27. The normalized spacial score (nSPS) is 18.5. The van der Waals surface area contributed by atoms with Crippen molar-refractivity contribution < 1.29 is 9.21 Å². The molecule has 3 rings (SSSR count). The fraction of sp³-hybridized carbons (Fsp3) is 0.400. The van der Waals surface area contributed by atoms with Gasteiger partial charge < -0.3 is 15.1 Å². The van der Waals surface area contributed by atoms with Crippen molar-refractivity contribution in [3.63, 3.8) is 0 Å². The number of fused-ring (bicyclic) bond motifs is 1. The Morgan fingerprint density at radius 1 is 1.40 bits per heavy atom. The molecule has 0 spiro atoms. The van der Waals surface area contributed by atoms with Crippen molar-refractivity contribution in [2.75, 3.05) is 13.1 Å². The van der Waals surface area contributed by atoms with Crippen molar-refractivity contribution in [1.82, 2.24) is 10.6 Å². The number of halogens is 1. The molecule has 1 aliphatic rings. The molecule has 2 aromatic rings. The smallest absolute Gasteiger partial charge is 0.224 e. The third-order valence-electron chi connectivity index (χ3n) is 3.62. The van der Waals surface area contributed by atoms with Gasteiger partial charge in [-0.15, -0.1) is 12.4 Å². The van der Waals surface area contributed by atoms with Gasteiger partial charge in [0.2, 0.25) is 5.91 Å². The number of carbonyl (C=O) groups excluding carboxylic acids is 1. The number of amides is 1. The second-order valence-electron chi connectivity index (χ2n) is 5.08. The van der Waals surface area contributed by atoms with E-state index in [2.05, 4.69) is 10.6 Å². The summed E-state index contributed by atoms with van der Waals surface area (Å²) in [6.07, 6.45) is 6.02. The number of hydrogen-bond acceptors (Lipinski definition) is 3. The SMILES string of the molecule is Cl.O=C(Cc1cccc2cocc12)NC1CCCNC1. The summed E-state index contributed by atoms with van der Waals surface area (Å²) in [5, 5.41) is 8.47. The van der Waals surface area contributed by atoms with Gasteiger partial charge in [0, 0.05) is 23.4 Å². The monoisotopic (exact) mass is 294 g/mol. The molecule has 1 aromatic carbocycles. The Bertz CT molecular complexity index is 576. The third-order valence-corrected chi connectivity index (χ3v) is 3.62. The van der Waals surface area contributed by atoms with Crippen LogP contribution in [-0.2, 0) is 11.2 Å². The van der Waals surface area contributed by atoms with Crippen LogP contribution in [0.2, 0.25) is 0 Å². The van der Waals surface area contributed by atoms with Crippen LogP contribution in [0.1, 0.15) is 18.4 Å². The standard InChI is InChI=1S/C15H18N2O2.ClH/c18-15(17-13-5-2-6-16-8-13)7-11-3-1-4-12-9-19-10-14(11)12;/h1,3-4,9-10,13,16H,2,5-8H2,(H,17,18);1H. The van der Waals surface area contributed by atoms with Crippen LogP contribution in [0.15, 0.2) is 35.1 Å². The Labute approximate surface area is 124 Å². The van der Waals surface area contributed by atoms with Crippen molar-refractivity contribution >= 4 is 29.1 Å². The van der Waals surface area contributed by atoms with Gasteiger partial charge in [-0.3, -0.25) is 4.79 Å². The van der Waals surface area contributed by atoms with Crippen LogP contribution in [-0.4, -0.2) is 25.0 Å². The Morgan fingerprint density at radius 2 is 2.30 bits per heavy atom. The molecule has 1 saturated heterocycles. The first-order chi connectivity index (χ1) is 9.33. The predicted molar refractivity (Wildman–Crippen MR) is 81.2 cm³/mol. The quantitative estimate of drug-likeness (QED) is 0.913. The minimum absolute atomic E-state index is 0. The molecule has 0 radical (unpaired) electrons.